The highest BCUT2D eigenvalue weighted by Crippen LogP contribution is 2.54. The zero-order chi connectivity index (χ0) is 9.47. The molecule has 2 rings (SSSR count). The lowest BCUT2D eigenvalue weighted by molar-refractivity contribution is -0.114. The van der Waals surface area contributed by atoms with Crippen molar-refractivity contribution in [3.63, 3.8) is 0 Å². The van der Waals surface area contributed by atoms with E-state index in [4.69, 9.17) is 0 Å². The largest absolute Gasteiger partial charge is 0.303 e. The molecule has 0 aromatic heterocycles. The average molecular weight is 178 g/mol. The number of allylic oxidation sites excluding steroid dienone is 2. The van der Waals surface area contributed by atoms with Crippen molar-refractivity contribution in [2.75, 3.05) is 0 Å². The second-order valence-corrected chi connectivity index (χ2v) is 4.77. The maximum absolute atomic E-state index is 11.0. The molecule has 0 amide bonds. The summed E-state index contributed by atoms with van der Waals surface area (Å²) >= 11 is 0. The Morgan fingerprint density at radius 3 is 3.00 bits per heavy atom. The van der Waals surface area contributed by atoms with Gasteiger partial charge >= 0.3 is 0 Å². The van der Waals surface area contributed by atoms with Crippen molar-refractivity contribution >= 4 is 6.29 Å². The van der Waals surface area contributed by atoms with Crippen LogP contribution in [0.4, 0.5) is 0 Å². The normalized spacial score (nSPS) is 44.0. The fraction of sp³-hybridized carbons (Fsp3) is 0.750. The van der Waals surface area contributed by atoms with Crippen LogP contribution in [0.2, 0.25) is 0 Å². The van der Waals surface area contributed by atoms with E-state index in [1.165, 1.54) is 19.1 Å². The van der Waals surface area contributed by atoms with Gasteiger partial charge in [0.2, 0.25) is 0 Å². The van der Waals surface area contributed by atoms with Gasteiger partial charge in [0.25, 0.3) is 0 Å². The van der Waals surface area contributed by atoms with Gasteiger partial charge in [0.05, 0.1) is 0 Å². The van der Waals surface area contributed by atoms with E-state index in [-0.39, 0.29) is 11.3 Å². The van der Waals surface area contributed by atoms with Gasteiger partial charge in [-0.3, -0.25) is 0 Å². The number of hydrogen-bond donors (Lipinski definition) is 0. The summed E-state index contributed by atoms with van der Waals surface area (Å²) in [7, 11) is 0. The first-order valence-corrected chi connectivity index (χ1v) is 5.34. The third-order valence-electron chi connectivity index (χ3n) is 4.37. The van der Waals surface area contributed by atoms with Crippen molar-refractivity contribution in [3.8, 4) is 0 Å². The SMILES string of the molecule is CC1CCC=C2CCC(C=O)C21C. The van der Waals surface area contributed by atoms with Gasteiger partial charge in [-0.25, -0.2) is 0 Å². The summed E-state index contributed by atoms with van der Waals surface area (Å²) in [5, 5.41) is 0. The van der Waals surface area contributed by atoms with Crippen molar-refractivity contribution < 1.29 is 4.79 Å². The van der Waals surface area contributed by atoms with Crippen molar-refractivity contribution in [1.82, 2.24) is 0 Å². The van der Waals surface area contributed by atoms with E-state index in [1.807, 2.05) is 0 Å². The van der Waals surface area contributed by atoms with Gasteiger partial charge in [-0.05, 0) is 31.6 Å². The minimum atomic E-state index is 0.208. The molecule has 0 aromatic rings. The highest BCUT2D eigenvalue weighted by atomic mass is 16.1. The first kappa shape index (κ1) is 8.98. The van der Waals surface area contributed by atoms with Crippen LogP contribution in [0.1, 0.15) is 39.5 Å². The third-order valence-corrected chi connectivity index (χ3v) is 4.37. The van der Waals surface area contributed by atoms with Crippen molar-refractivity contribution in [3.05, 3.63) is 11.6 Å². The smallest absolute Gasteiger partial charge is 0.123 e. The molecule has 0 spiro atoms. The summed E-state index contributed by atoms with van der Waals surface area (Å²) < 4.78 is 0. The summed E-state index contributed by atoms with van der Waals surface area (Å²) in [6.45, 7) is 4.59. The molecule has 3 unspecified atom stereocenters. The van der Waals surface area contributed by atoms with E-state index in [0.717, 1.165) is 12.8 Å². The molecule has 0 radical (unpaired) electrons. The van der Waals surface area contributed by atoms with Crippen LogP contribution in [0, 0.1) is 17.3 Å². The molecule has 0 aromatic carbocycles. The summed E-state index contributed by atoms with van der Waals surface area (Å²) in [5.74, 6) is 0.972. The van der Waals surface area contributed by atoms with Crippen LogP contribution in [0.3, 0.4) is 0 Å². The summed E-state index contributed by atoms with van der Waals surface area (Å²) in [6, 6.07) is 0. The lowest BCUT2D eigenvalue weighted by Crippen LogP contribution is -2.33. The maximum atomic E-state index is 11.0. The van der Waals surface area contributed by atoms with Crippen LogP contribution in [0.5, 0.6) is 0 Å². The molecule has 0 heterocycles. The lowest BCUT2D eigenvalue weighted by Gasteiger charge is -2.39. The molecule has 2 aliphatic rings. The van der Waals surface area contributed by atoms with Crippen LogP contribution in [-0.2, 0) is 4.79 Å². The van der Waals surface area contributed by atoms with Crippen LogP contribution in [-0.4, -0.2) is 6.29 Å². The minimum Gasteiger partial charge on any atom is -0.303 e. The minimum absolute atomic E-state index is 0.208. The number of hydrogen-bond acceptors (Lipinski definition) is 1. The second-order valence-electron chi connectivity index (χ2n) is 4.77. The molecule has 0 N–H and O–H groups in total. The second kappa shape index (κ2) is 2.97. The Morgan fingerprint density at radius 1 is 1.54 bits per heavy atom. The number of carbonyl (C=O) groups excluding carboxylic acids is 1. The lowest BCUT2D eigenvalue weighted by atomic mass is 9.64. The molecular weight excluding hydrogens is 160 g/mol. The van der Waals surface area contributed by atoms with E-state index in [9.17, 15) is 4.79 Å². The summed E-state index contributed by atoms with van der Waals surface area (Å²) in [4.78, 5) is 11.0. The third kappa shape index (κ3) is 1.09. The number of fused-ring (bicyclic) bond motifs is 1. The van der Waals surface area contributed by atoms with E-state index in [0.29, 0.717) is 5.92 Å². The number of aldehydes is 1. The zero-order valence-corrected chi connectivity index (χ0v) is 8.55. The Bertz CT molecular complexity index is 254. The average Bonchev–Trinajstić information content (AvgIpc) is 2.45. The molecule has 0 aliphatic heterocycles. The summed E-state index contributed by atoms with van der Waals surface area (Å²) in [6.07, 6.45) is 8.27. The molecule has 1 heteroatoms. The van der Waals surface area contributed by atoms with Crippen molar-refractivity contribution in [2.24, 2.45) is 17.3 Å². The van der Waals surface area contributed by atoms with Gasteiger partial charge in [0.15, 0.2) is 0 Å². The number of carbonyl (C=O) groups is 1. The van der Waals surface area contributed by atoms with Gasteiger partial charge in [-0.2, -0.15) is 0 Å². The zero-order valence-electron chi connectivity index (χ0n) is 8.55. The summed E-state index contributed by atoms with van der Waals surface area (Å²) in [5.41, 5.74) is 1.77. The highest BCUT2D eigenvalue weighted by Gasteiger charge is 2.47. The Labute approximate surface area is 80.2 Å². The van der Waals surface area contributed by atoms with Crippen LogP contribution >= 0.6 is 0 Å². The fourth-order valence-corrected chi connectivity index (χ4v) is 3.14. The van der Waals surface area contributed by atoms with E-state index in [1.54, 1.807) is 5.57 Å². The van der Waals surface area contributed by atoms with Crippen LogP contribution in [0.25, 0.3) is 0 Å². The monoisotopic (exact) mass is 178 g/mol. The van der Waals surface area contributed by atoms with Gasteiger partial charge < -0.3 is 4.79 Å². The van der Waals surface area contributed by atoms with Crippen molar-refractivity contribution in [2.45, 2.75) is 39.5 Å². The van der Waals surface area contributed by atoms with E-state index < -0.39 is 0 Å². The Kier molecular flexibility index (Phi) is 2.05. The van der Waals surface area contributed by atoms with Gasteiger partial charge in [0, 0.05) is 11.3 Å². The molecule has 3 atom stereocenters. The van der Waals surface area contributed by atoms with Gasteiger partial charge in [-0.15, -0.1) is 0 Å². The van der Waals surface area contributed by atoms with E-state index >= 15 is 0 Å². The van der Waals surface area contributed by atoms with Crippen molar-refractivity contribution in [1.29, 1.82) is 0 Å². The van der Waals surface area contributed by atoms with Gasteiger partial charge in [0.1, 0.15) is 6.29 Å². The molecule has 0 saturated heterocycles. The number of rotatable bonds is 1. The van der Waals surface area contributed by atoms with Gasteiger partial charge in [-0.1, -0.05) is 25.5 Å². The molecule has 1 nitrogen and oxygen atoms in total. The molecular formula is C12H18O. The molecule has 13 heavy (non-hydrogen) atoms. The maximum Gasteiger partial charge on any atom is 0.123 e. The fourth-order valence-electron chi connectivity index (χ4n) is 3.14. The predicted octanol–water partition coefficient (Wildman–Crippen LogP) is 2.96. The standard InChI is InChI=1S/C12H18O/c1-9-4-3-5-10-6-7-11(8-13)12(9,10)2/h5,8-9,11H,3-4,6-7H2,1-2H3. The van der Waals surface area contributed by atoms with E-state index in [2.05, 4.69) is 19.9 Å². The topological polar surface area (TPSA) is 17.1 Å². The quantitative estimate of drug-likeness (QED) is 0.445. The molecule has 2 aliphatic carbocycles. The first-order valence-electron chi connectivity index (χ1n) is 5.34. The molecule has 1 fully saturated rings. The first-order chi connectivity index (χ1) is 6.19. The highest BCUT2D eigenvalue weighted by molar-refractivity contribution is 5.58. The van der Waals surface area contributed by atoms with Crippen LogP contribution < -0.4 is 0 Å². The Balaban J connectivity index is 2.38. The molecule has 72 valence electrons. The molecule has 1 saturated carbocycles. The Morgan fingerprint density at radius 2 is 2.31 bits per heavy atom. The Hall–Kier alpha value is -0.590. The molecule has 0 bridgehead atoms. The predicted molar refractivity (Wildman–Crippen MR) is 53.4 cm³/mol. The van der Waals surface area contributed by atoms with Crippen LogP contribution in [0.15, 0.2) is 11.6 Å².